The zero-order valence-corrected chi connectivity index (χ0v) is 23.5. The number of carboxylic acids is 1. The van der Waals surface area contributed by atoms with Gasteiger partial charge in [0.05, 0.1) is 5.92 Å². The molecule has 0 aliphatic carbocycles. The van der Waals surface area contributed by atoms with Crippen LogP contribution in [0.15, 0.2) is 54.6 Å². The van der Waals surface area contributed by atoms with E-state index in [1.165, 1.54) is 0 Å². The summed E-state index contributed by atoms with van der Waals surface area (Å²) < 4.78 is 0. The van der Waals surface area contributed by atoms with E-state index in [0.29, 0.717) is 37.4 Å². The van der Waals surface area contributed by atoms with Crippen LogP contribution in [0.25, 0.3) is 11.1 Å². The first-order chi connectivity index (χ1) is 18.9. The van der Waals surface area contributed by atoms with Crippen molar-refractivity contribution in [3.63, 3.8) is 0 Å². The highest BCUT2D eigenvalue weighted by Gasteiger charge is 2.30. The van der Waals surface area contributed by atoms with Gasteiger partial charge in [-0.15, -0.1) is 12.4 Å². The molecule has 0 spiro atoms. The van der Waals surface area contributed by atoms with Gasteiger partial charge in [0.25, 0.3) is 5.91 Å². The van der Waals surface area contributed by atoms with Gasteiger partial charge >= 0.3 is 5.97 Å². The summed E-state index contributed by atoms with van der Waals surface area (Å²) in [5.74, 6) is -1.79. The topological polar surface area (TPSA) is 128 Å². The first kappa shape index (κ1) is 31.1. The zero-order valence-electron chi connectivity index (χ0n) is 22.6. The number of hydrogen-bond acceptors (Lipinski definition) is 5. The molecule has 2 saturated heterocycles. The number of halogens is 1. The Morgan fingerprint density at radius 3 is 2.30 bits per heavy atom. The summed E-state index contributed by atoms with van der Waals surface area (Å²) in [6.07, 6.45) is 4.94. The van der Waals surface area contributed by atoms with Crippen LogP contribution in [0, 0.1) is 11.8 Å². The van der Waals surface area contributed by atoms with Crippen molar-refractivity contribution in [3.05, 3.63) is 60.2 Å². The van der Waals surface area contributed by atoms with Crippen molar-refractivity contribution < 1.29 is 24.3 Å². The number of nitrogens with one attached hydrogen (secondary N) is 3. The predicted octanol–water partition coefficient (Wildman–Crippen LogP) is 3.09. The largest absolute Gasteiger partial charge is 0.480 e. The Bertz CT molecular complexity index is 1140. The fourth-order valence-electron chi connectivity index (χ4n) is 5.31. The van der Waals surface area contributed by atoms with E-state index in [4.69, 9.17) is 0 Å². The van der Waals surface area contributed by atoms with Crippen LogP contribution in [-0.4, -0.2) is 72.5 Å². The Morgan fingerprint density at radius 2 is 1.62 bits per heavy atom. The van der Waals surface area contributed by atoms with Crippen molar-refractivity contribution in [1.82, 2.24) is 20.9 Å². The molecule has 9 nitrogen and oxygen atoms in total. The maximum Gasteiger partial charge on any atom is 0.328 e. The van der Waals surface area contributed by atoms with E-state index in [-0.39, 0.29) is 30.8 Å². The number of carbonyl (C=O) groups is 4. The lowest BCUT2D eigenvalue weighted by atomic mass is 9.92. The number of carbonyl (C=O) groups excluding carboxylic acids is 3. The zero-order chi connectivity index (χ0) is 27.6. The molecule has 10 heteroatoms. The fraction of sp³-hybridized carbons (Fsp3) is 0.467. The Kier molecular flexibility index (Phi) is 12.0. The molecule has 4 N–H and O–H groups in total. The minimum absolute atomic E-state index is 0. The highest BCUT2D eigenvalue weighted by Crippen LogP contribution is 2.22. The second kappa shape index (κ2) is 15.4. The Labute approximate surface area is 241 Å². The van der Waals surface area contributed by atoms with Crippen LogP contribution < -0.4 is 16.0 Å². The third kappa shape index (κ3) is 8.79. The first-order valence-electron chi connectivity index (χ1n) is 13.9. The molecule has 2 aromatic carbocycles. The average Bonchev–Trinajstić information content (AvgIpc) is 2.98. The van der Waals surface area contributed by atoms with Crippen LogP contribution in [0.2, 0.25) is 0 Å². The second-order valence-electron chi connectivity index (χ2n) is 10.5. The molecule has 4 rings (SSSR count). The summed E-state index contributed by atoms with van der Waals surface area (Å²) in [6.45, 7) is 2.76. The normalized spacial score (nSPS) is 18.2. The average molecular weight is 571 g/mol. The van der Waals surface area contributed by atoms with E-state index in [2.05, 4.69) is 16.0 Å². The third-order valence-electron chi connectivity index (χ3n) is 7.71. The molecular weight excluding hydrogens is 532 g/mol. The number of amides is 3. The highest BCUT2D eigenvalue weighted by atomic mass is 35.5. The van der Waals surface area contributed by atoms with E-state index in [1.807, 2.05) is 42.5 Å². The molecule has 1 unspecified atom stereocenters. The van der Waals surface area contributed by atoms with Gasteiger partial charge in [-0.3, -0.25) is 14.4 Å². The quantitative estimate of drug-likeness (QED) is 0.348. The Hall–Kier alpha value is -3.43. The maximum atomic E-state index is 12.9. The van der Waals surface area contributed by atoms with Gasteiger partial charge in [-0.2, -0.15) is 0 Å². The SMILES string of the molecule is Cl.O=C(NC(CNC(=O)[C@@H]1CCCN(C(=O)CCC2CCNCC2)C1)C(=O)O)c1ccc(-c2ccccc2)cc1. The Balaban J connectivity index is 0.00000441. The van der Waals surface area contributed by atoms with Crippen LogP contribution in [0.1, 0.15) is 48.9 Å². The molecule has 3 amide bonds. The summed E-state index contributed by atoms with van der Waals surface area (Å²) in [7, 11) is 0. The van der Waals surface area contributed by atoms with Gasteiger partial charge in [0.15, 0.2) is 0 Å². The molecule has 0 saturated carbocycles. The van der Waals surface area contributed by atoms with Crippen molar-refractivity contribution in [2.24, 2.45) is 11.8 Å². The van der Waals surface area contributed by atoms with E-state index in [9.17, 15) is 24.3 Å². The van der Waals surface area contributed by atoms with Crippen molar-refractivity contribution in [2.45, 2.75) is 44.6 Å². The summed E-state index contributed by atoms with van der Waals surface area (Å²) in [6, 6.07) is 15.4. The fourth-order valence-corrected chi connectivity index (χ4v) is 5.31. The first-order valence-corrected chi connectivity index (χ1v) is 13.9. The summed E-state index contributed by atoms with van der Waals surface area (Å²) in [5.41, 5.74) is 2.29. The third-order valence-corrected chi connectivity index (χ3v) is 7.71. The molecule has 0 aromatic heterocycles. The summed E-state index contributed by atoms with van der Waals surface area (Å²) in [5, 5.41) is 18.2. The monoisotopic (exact) mass is 570 g/mol. The number of nitrogens with zero attached hydrogens (tertiary/aromatic N) is 1. The molecule has 216 valence electrons. The van der Waals surface area contributed by atoms with E-state index >= 15 is 0 Å². The lowest BCUT2D eigenvalue weighted by Gasteiger charge is -2.33. The lowest BCUT2D eigenvalue weighted by molar-refractivity contribution is -0.139. The van der Waals surface area contributed by atoms with E-state index in [1.54, 1.807) is 17.0 Å². The molecule has 0 radical (unpaired) electrons. The van der Waals surface area contributed by atoms with Gasteiger partial charge in [0.2, 0.25) is 11.8 Å². The number of piperidine rings is 2. The number of rotatable bonds is 10. The number of carboxylic acid groups (broad SMARTS) is 1. The predicted molar refractivity (Wildman–Crippen MR) is 155 cm³/mol. The molecule has 2 aliphatic heterocycles. The smallest absolute Gasteiger partial charge is 0.328 e. The van der Waals surface area contributed by atoms with E-state index < -0.39 is 23.8 Å². The van der Waals surface area contributed by atoms with Crippen molar-refractivity contribution in [2.75, 3.05) is 32.7 Å². The maximum absolute atomic E-state index is 12.9. The number of hydrogen-bond donors (Lipinski definition) is 4. The van der Waals surface area contributed by atoms with Gasteiger partial charge in [-0.05, 0) is 74.4 Å². The number of likely N-dealkylation sites (tertiary alicyclic amines) is 1. The molecule has 2 aromatic rings. The minimum Gasteiger partial charge on any atom is -0.480 e. The molecular formula is C30H39ClN4O5. The standard InChI is InChI=1S/C30H38N4O5.ClH/c35-27(13-8-21-14-16-31-17-15-21)34-18-4-7-25(20-34)28(36)32-19-26(30(38)39)33-29(37)24-11-9-23(10-12-24)22-5-2-1-3-6-22;/h1-3,5-6,9-12,21,25-26,31H,4,7-8,13-20H2,(H,32,36)(H,33,37)(H,38,39);1H/t25-,26?;/m1./s1. The molecule has 2 heterocycles. The van der Waals surface area contributed by atoms with Gasteiger partial charge in [0, 0.05) is 31.6 Å². The van der Waals surface area contributed by atoms with Gasteiger partial charge < -0.3 is 26.0 Å². The molecule has 2 atom stereocenters. The van der Waals surface area contributed by atoms with Gasteiger partial charge in [-0.25, -0.2) is 4.79 Å². The number of aliphatic carboxylic acids is 1. The van der Waals surface area contributed by atoms with Crippen LogP contribution >= 0.6 is 12.4 Å². The van der Waals surface area contributed by atoms with Crippen LogP contribution in [0.5, 0.6) is 0 Å². The molecule has 2 aliphatic rings. The van der Waals surface area contributed by atoms with Crippen LogP contribution in [0.4, 0.5) is 0 Å². The minimum atomic E-state index is -1.28. The molecule has 2 fully saturated rings. The van der Waals surface area contributed by atoms with Crippen molar-refractivity contribution in [1.29, 1.82) is 0 Å². The molecule has 40 heavy (non-hydrogen) atoms. The second-order valence-corrected chi connectivity index (χ2v) is 10.5. The molecule has 0 bridgehead atoms. The Morgan fingerprint density at radius 1 is 0.950 bits per heavy atom. The van der Waals surface area contributed by atoms with Crippen LogP contribution in [-0.2, 0) is 14.4 Å². The van der Waals surface area contributed by atoms with Crippen molar-refractivity contribution in [3.8, 4) is 11.1 Å². The van der Waals surface area contributed by atoms with Crippen molar-refractivity contribution >= 4 is 36.1 Å². The summed E-state index contributed by atoms with van der Waals surface area (Å²) >= 11 is 0. The van der Waals surface area contributed by atoms with Gasteiger partial charge in [0.1, 0.15) is 6.04 Å². The summed E-state index contributed by atoms with van der Waals surface area (Å²) in [4.78, 5) is 51.9. The van der Waals surface area contributed by atoms with E-state index in [0.717, 1.165) is 49.9 Å². The van der Waals surface area contributed by atoms with Crippen LogP contribution in [0.3, 0.4) is 0 Å². The lowest BCUT2D eigenvalue weighted by Crippen LogP contribution is -2.51. The highest BCUT2D eigenvalue weighted by molar-refractivity contribution is 5.97. The van der Waals surface area contributed by atoms with Gasteiger partial charge in [-0.1, -0.05) is 42.5 Å². The number of benzene rings is 2.